The molecular formula is C8H4Cl2F2O. The van der Waals surface area contributed by atoms with Gasteiger partial charge in [0.2, 0.25) is 0 Å². The van der Waals surface area contributed by atoms with Gasteiger partial charge < -0.3 is 0 Å². The molecule has 0 aliphatic heterocycles. The summed E-state index contributed by atoms with van der Waals surface area (Å²) in [6.45, 7) is 0. The highest BCUT2D eigenvalue weighted by molar-refractivity contribution is 6.46. The lowest BCUT2D eigenvalue weighted by molar-refractivity contribution is 0.0836. The second-order valence-corrected chi connectivity index (χ2v) is 3.58. The summed E-state index contributed by atoms with van der Waals surface area (Å²) in [5.41, 5.74) is -0.206. The number of carbonyl (C=O) groups is 1. The van der Waals surface area contributed by atoms with Gasteiger partial charge in [-0.05, 0) is 12.1 Å². The Morgan fingerprint density at radius 1 is 1.23 bits per heavy atom. The average Bonchev–Trinajstić information content (AvgIpc) is 2.03. The zero-order chi connectivity index (χ0) is 10.1. The summed E-state index contributed by atoms with van der Waals surface area (Å²) in [5.74, 6) is 0. The first kappa shape index (κ1) is 10.4. The van der Waals surface area contributed by atoms with Gasteiger partial charge in [-0.2, -0.15) is 4.39 Å². The third-order valence-electron chi connectivity index (χ3n) is 1.44. The lowest BCUT2D eigenvalue weighted by Gasteiger charge is -2.08. The number of carbonyl (C=O) groups excluding carboxylic acids is 1. The standard InChI is InChI=1S/C8H4Cl2F2O/c9-8(10,12)6-3-1-5(2-4-6)7(11)13/h1-4H. The molecule has 0 aromatic heterocycles. The molecule has 0 aliphatic rings. The molecule has 70 valence electrons. The van der Waals surface area contributed by atoms with Gasteiger partial charge >= 0.3 is 6.04 Å². The van der Waals surface area contributed by atoms with Crippen LogP contribution in [-0.2, 0) is 4.59 Å². The molecule has 0 spiro atoms. The number of rotatable bonds is 2. The van der Waals surface area contributed by atoms with Crippen LogP contribution in [-0.4, -0.2) is 6.04 Å². The van der Waals surface area contributed by atoms with Crippen LogP contribution in [0.4, 0.5) is 8.78 Å². The second-order valence-electron chi connectivity index (χ2n) is 2.35. The quantitative estimate of drug-likeness (QED) is 0.557. The molecule has 1 aromatic rings. The predicted octanol–water partition coefficient (Wildman–Crippen LogP) is 3.35. The second kappa shape index (κ2) is 3.60. The van der Waals surface area contributed by atoms with E-state index in [0.29, 0.717) is 0 Å². The van der Waals surface area contributed by atoms with E-state index in [9.17, 15) is 13.6 Å². The van der Waals surface area contributed by atoms with Crippen molar-refractivity contribution < 1.29 is 13.6 Å². The molecular weight excluding hydrogens is 221 g/mol. The van der Waals surface area contributed by atoms with E-state index in [1.165, 1.54) is 0 Å². The van der Waals surface area contributed by atoms with Crippen LogP contribution in [0.1, 0.15) is 15.9 Å². The molecule has 0 saturated heterocycles. The third-order valence-corrected chi connectivity index (χ3v) is 1.88. The van der Waals surface area contributed by atoms with Crippen molar-refractivity contribution in [1.29, 1.82) is 0 Å². The number of alkyl halides is 3. The first-order valence-corrected chi connectivity index (χ1v) is 4.04. The van der Waals surface area contributed by atoms with E-state index in [4.69, 9.17) is 23.2 Å². The molecule has 5 heteroatoms. The highest BCUT2D eigenvalue weighted by Gasteiger charge is 2.24. The van der Waals surface area contributed by atoms with Gasteiger partial charge in [-0.3, -0.25) is 4.79 Å². The van der Waals surface area contributed by atoms with Gasteiger partial charge in [-0.1, -0.05) is 35.3 Å². The van der Waals surface area contributed by atoms with E-state index in [1.54, 1.807) is 0 Å². The molecule has 0 aliphatic carbocycles. The summed E-state index contributed by atoms with van der Waals surface area (Å²) in [7, 11) is 0. The predicted molar refractivity (Wildman–Crippen MR) is 46.4 cm³/mol. The van der Waals surface area contributed by atoms with Crippen molar-refractivity contribution in [3.63, 3.8) is 0 Å². The first-order valence-electron chi connectivity index (χ1n) is 3.28. The van der Waals surface area contributed by atoms with Crippen LogP contribution in [0.15, 0.2) is 24.3 Å². The van der Waals surface area contributed by atoms with E-state index in [-0.39, 0.29) is 11.1 Å². The molecule has 0 unspecified atom stereocenters. The van der Waals surface area contributed by atoms with Crippen LogP contribution in [0.25, 0.3) is 0 Å². The van der Waals surface area contributed by atoms with Crippen molar-refractivity contribution in [3.8, 4) is 0 Å². The zero-order valence-corrected chi connectivity index (χ0v) is 7.74. The van der Waals surface area contributed by atoms with Gasteiger partial charge in [-0.25, -0.2) is 4.39 Å². The molecule has 0 atom stereocenters. The van der Waals surface area contributed by atoms with Crippen LogP contribution < -0.4 is 0 Å². The highest BCUT2D eigenvalue weighted by Crippen LogP contribution is 2.35. The van der Waals surface area contributed by atoms with E-state index in [1.807, 2.05) is 0 Å². The highest BCUT2D eigenvalue weighted by atomic mass is 35.5. The molecule has 13 heavy (non-hydrogen) atoms. The number of halogens is 4. The Hall–Kier alpha value is -0.670. The van der Waals surface area contributed by atoms with Gasteiger partial charge in [0.1, 0.15) is 0 Å². The summed E-state index contributed by atoms with van der Waals surface area (Å²) >= 11 is 10.2. The summed E-state index contributed by atoms with van der Waals surface area (Å²) < 4.78 is 22.4. The molecule has 0 amide bonds. The van der Waals surface area contributed by atoms with Gasteiger partial charge in [0, 0.05) is 5.56 Å². The zero-order valence-electron chi connectivity index (χ0n) is 6.23. The number of hydrogen-bond acceptors (Lipinski definition) is 1. The molecule has 0 heterocycles. The summed E-state index contributed by atoms with van der Waals surface area (Å²) in [4.78, 5) is 10.2. The van der Waals surface area contributed by atoms with Gasteiger partial charge in [0.15, 0.2) is 0 Å². The molecule has 0 saturated carbocycles. The maximum atomic E-state index is 12.8. The Labute approximate surface area is 83.3 Å². The SMILES string of the molecule is O=C(F)c1ccc(C(F)(Cl)Cl)cc1. The number of benzene rings is 1. The maximum Gasteiger partial charge on any atom is 0.332 e. The summed E-state index contributed by atoms with van der Waals surface area (Å²) in [6.07, 6.45) is 0. The molecule has 0 radical (unpaired) electrons. The fourth-order valence-electron chi connectivity index (χ4n) is 0.790. The summed E-state index contributed by atoms with van der Waals surface area (Å²) in [5, 5.41) is 0. The first-order chi connectivity index (χ1) is 5.91. The Morgan fingerprint density at radius 2 is 1.69 bits per heavy atom. The molecule has 0 fully saturated rings. The van der Waals surface area contributed by atoms with Gasteiger partial charge in [0.25, 0.3) is 4.59 Å². The number of hydrogen-bond donors (Lipinski definition) is 0. The van der Waals surface area contributed by atoms with E-state index in [2.05, 4.69) is 0 Å². The lowest BCUT2D eigenvalue weighted by Crippen LogP contribution is -2.01. The van der Waals surface area contributed by atoms with E-state index < -0.39 is 10.6 Å². The van der Waals surface area contributed by atoms with Crippen molar-refractivity contribution in [1.82, 2.24) is 0 Å². The van der Waals surface area contributed by atoms with Crippen molar-refractivity contribution in [3.05, 3.63) is 35.4 Å². The van der Waals surface area contributed by atoms with Crippen molar-refractivity contribution in [2.45, 2.75) is 4.59 Å². The topological polar surface area (TPSA) is 17.1 Å². The smallest absolute Gasteiger partial charge is 0.255 e. The maximum absolute atomic E-state index is 12.8. The lowest BCUT2D eigenvalue weighted by atomic mass is 10.1. The Bertz CT molecular complexity index is 316. The van der Waals surface area contributed by atoms with Crippen LogP contribution in [0, 0.1) is 0 Å². The molecule has 1 aromatic carbocycles. The fourth-order valence-corrected chi connectivity index (χ4v) is 1.04. The Kier molecular flexibility index (Phi) is 2.88. The van der Waals surface area contributed by atoms with E-state index >= 15 is 0 Å². The summed E-state index contributed by atoms with van der Waals surface area (Å²) in [6, 6.07) is 2.92. The normalized spacial score (nSPS) is 11.4. The van der Waals surface area contributed by atoms with E-state index in [0.717, 1.165) is 24.3 Å². The van der Waals surface area contributed by atoms with Crippen LogP contribution in [0.3, 0.4) is 0 Å². The van der Waals surface area contributed by atoms with Crippen molar-refractivity contribution >= 4 is 29.2 Å². The van der Waals surface area contributed by atoms with Crippen LogP contribution in [0.2, 0.25) is 0 Å². The average molecular weight is 225 g/mol. The van der Waals surface area contributed by atoms with Gasteiger partial charge in [0.05, 0.1) is 5.56 Å². The molecule has 1 rings (SSSR count). The molecule has 0 bridgehead atoms. The van der Waals surface area contributed by atoms with Crippen molar-refractivity contribution in [2.24, 2.45) is 0 Å². The Balaban J connectivity index is 3.01. The molecule has 1 nitrogen and oxygen atoms in total. The monoisotopic (exact) mass is 224 g/mol. The van der Waals surface area contributed by atoms with Gasteiger partial charge in [-0.15, -0.1) is 0 Å². The largest absolute Gasteiger partial charge is 0.332 e. The minimum atomic E-state index is -2.52. The minimum absolute atomic E-state index is 0.0409. The molecule has 0 N–H and O–H groups in total. The van der Waals surface area contributed by atoms with Crippen LogP contribution >= 0.6 is 23.2 Å². The van der Waals surface area contributed by atoms with Crippen LogP contribution in [0.5, 0.6) is 0 Å². The third kappa shape index (κ3) is 2.64. The fraction of sp³-hybridized carbons (Fsp3) is 0.125. The Morgan fingerprint density at radius 3 is 2.00 bits per heavy atom. The minimum Gasteiger partial charge on any atom is -0.255 e. The van der Waals surface area contributed by atoms with Crippen molar-refractivity contribution in [2.75, 3.05) is 0 Å².